The lowest BCUT2D eigenvalue weighted by Gasteiger charge is -2.17. The summed E-state index contributed by atoms with van der Waals surface area (Å²) in [6.07, 6.45) is 3.74. The molecule has 1 aromatic rings. The summed E-state index contributed by atoms with van der Waals surface area (Å²) in [5.41, 5.74) is 1.95. The summed E-state index contributed by atoms with van der Waals surface area (Å²) in [5, 5.41) is 9.62. The van der Waals surface area contributed by atoms with Gasteiger partial charge in [0.25, 0.3) is 0 Å². The largest absolute Gasteiger partial charge is 0.356 e. The van der Waals surface area contributed by atoms with Gasteiger partial charge in [0, 0.05) is 32.2 Å². The standard InChI is InChI=1S/C19H32N4O/c1-5-9-18(24)23-17-11-8-10-16(12-17)14-22-19(20-4)21-13-15(6-2)7-3/h8,10-12,15H,5-7,9,13-14H2,1-4H3,(H,23,24)(H2,20,21,22). The molecule has 0 saturated carbocycles. The van der Waals surface area contributed by atoms with Gasteiger partial charge in [0.05, 0.1) is 0 Å². The molecule has 5 nitrogen and oxygen atoms in total. The Morgan fingerprint density at radius 1 is 1.17 bits per heavy atom. The SMILES string of the molecule is CCCC(=O)Nc1cccc(CNC(=NC)NCC(CC)CC)c1. The summed E-state index contributed by atoms with van der Waals surface area (Å²) in [5.74, 6) is 1.54. The predicted molar refractivity (Wildman–Crippen MR) is 102 cm³/mol. The van der Waals surface area contributed by atoms with E-state index in [4.69, 9.17) is 0 Å². The second-order valence-electron chi connectivity index (χ2n) is 5.99. The zero-order valence-corrected chi connectivity index (χ0v) is 15.5. The first-order valence-electron chi connectivity index (χ1n) is 8.96. The Hall–Kier alpha value is -2.04. The third-order valence-corrected chi connectivity index (χ3v) is 4.08. The summed E-state index contributed by atoms with van der Waals surface area (Å²) in [4.78, 5) is 15.9. The molecular formula is C19H32N4O. The van der Waals surface area contributed by atoms with Crippen molar-refractivity contribution in [3.8, 4) is 0 Å². The van der Waals surface area contributed by atoms with E-state index in [2.05, 4.69) is 34.8 Å². The molecule has 0 unspecified atom stereocenters. The number of guanidine groups is 1. The number of carbonyl (C=O) groups is 1. The third-order valence-electron chi connectivity index (χ3n) is 4.08. The number of hydrogen-bond donors (Lipinski definition) is 3. The molecule has 3 N–H and O–H groups in total. The number of nitrogens with zero attached hydrogens (tertiary/aromatic N) is 1. The first-order valence-corrected chi connectivity index (χ1v) is 8.96. The molecule has 24 heavy (non-hydrogen) atoms. The van der Waals surface area contributed by atoms with Gasteiger partial charge in [0.1, 0.15) is 0 Å². The maximum Gasteiger partial charge on any atom is 0.224 e. The maximum absolute atomic E-state index is 11.7. The molecule has 0 aliphatic heterocycles. The number of amides is 1. The lowest BCUT2D eigenvalue weighted by atomic mass is 10.0. The van der Waals surface area contributed by atoms with Gasteiger partial charge in [-0.15, -0.1) is 0 Å². The second-order valence-corrected chi connectivity index (χ2v) is 5.99. The third kappa shape index (κ3) is 7.49. The van der Waals surface area contributed by atoms with E-state index < -0.39 is 0 Å². The summed E-state index contributed by atoms with van der Waals surface area (Å²) >= 11 is 0. The topological polar surface area (TPSA) is 65.5 Å². The average Bonchev–Trinajstić information content (AvgIpc) is 2.59. The highest BCUT2D eigenvalue weighted by molar-refractivity contribution is 5.90. The Balaban J connectivity index is 2.52. The molecule has 5 heteroatoms. The van der Waals surface area contributed by atoms with Crippen LogP contribution >= 0.6 is 0 Å². The molecule has 0 fully saturated rings. The van der Waals surface area contributed by atoms with Crippen LogP contribution in [0.1, 0.15) is 52.0 Å². The fraction of sp³-hybridized carbons (Fsp3) is 0.579. The van der Waals surface area contributed by atoms with Crippen LogP contribution in [-0.4, -0.2) is 25.5 Å². The molecule has 0 aliphatic rings. The Morgan fingerprint density at radius 2 is 1.92 bits per heavy atom. The number of rotatable bonds is 9. The van der Waals surface area contributed by atoms with E-state index in [-0.39, 0.29) is 5.91 Å². The van der Waals surface area contributed by atoms with Crippen LogP contribution in [0.15, 0.2) is 29.3 Å². The zero-order valence-electron chi connectivity index (χ0n) is 15.5. The van der Waals surface area contributed by atoms with Gasteiger partial charge in [-0.25, -0.2) is 0 Å². The molecule has 1 aromatic carbocycles. The maximum atomic E-state index is 11.7. The fourth-order valence-corrected chi connectivity index (χ4v) is 2.43. The molecule has 0 heterocycles. The second kappa shape index (κ2) is 11.5. The van der Waals surface area contributed by atoms with E-state index in [1.54, 1.807) is 7.05 Å². The minimum Gasteiger partial charge on any atom is -0.356 e. The minimum atomic E-state index is 0.0604. The smallest absolute Gasteiger partial charge is 0.224 e. The Kier molecular flexibility index (Phi) is 9.58. The molecule has 0 saturated heterocycles. The van der Waals surface area contributed by atoms with Crippen LogP contribution in [0.4, 0.5) is 5.69 Å². The van der Waals surface area contributed by atoms with E-state index in [0.717, 1.165) is 30.2 Å². The number of nitrogens with one attached hydrogen (secondary N) is 3. The Morgan fingerprint density at radius 3 is 2.54 bits per heavy atom. The first kappa shape index (κ1) is 20.0. The molecule has 1 amide bonds. The van der Waals surface area contributed by atoms with E-state index in [1.807, 2.05) is 31.2 Å². The van der Waals surface area contributed by atoms with Gasteiger partial charge in [-0.3, -0.25) is 9.79 Å². The van der Waals surface area contributed by atoms with E-state index in [1.165, 1.54) is 12.8 Å². The number of carbonyl (C=O) groups excluding carboxylic acids is 1. The fourth-order valence-electron chi connectivity index (χ4n) is 2.43. The normalized spacial score (nSPS) is 11.5. The van der Waals surface area contributed by atoms with Gasteiger partial charge < -0.3 is 16.0 Å². The van der Waals surface area contributed by atoms with Crippen LogP contribution in [0.5, 0.6) is 0 Å². The molecule has 134 valence electrons. The predicted octanol–water partition coefficient (Wildman–Crippen LogP) is 3.53. The van der Waals surface area contributed by atoms with Gasteiger partial charge in [0.2, 0.25) is 5.91 Å². The molecule has 0 spiro atoms. The monoisotopic (exact) mass is 332 g/mol. The van der Waals surface area contributed by atoms with Crippen molar-refractivity contribution < 1.29 is 4.79 Å². The van der Waals surface area contributed by atoms with Crippen molar-refractivity contribution in [3.05, 3.63) is 29.8 Å². The zero-order chi connectivity index (χ0) is 17.8. The number of aliphatic imine (C=N–C) groups is 1. The van der Waals surface area contributed by atoms with E-state index >= 15 is 0 Å². The summed E-state index contributed by atoms with van der Waals surface area (Å²) in [7, 11) is 1.78. The van der Waals surface area contributed by atoms with Gasteiger partial charge in [-0.05, 0) is 30.0 Å². The Labute approximate surface area is 146 Å². The molecular weight excluding hydrogens is 300 g/mol. The van der Waals surface area contributed by atoms with Crippen molar-refractivity contribution in [3.63, 3.8) is 0 Å². The van der Waals surface area contributed by atoms with Crippen LogP contribution in [0.3, 0.4) is 0 Å². The van der Waals surface area contributed by atoms with Gasteiger partial charge in [0.15, 0.2) is 5.96 Å². The summed E-state index contributed by atoms with van der Waals surface area (Å²) in [6.45, 7) is 8.02. The molecule has 0 aromatic heterocycles. The summed E-state index contributed by atoms with van der Waals surface area (Å²) < 4.78 is 0. The van der Waals surface area contributed by atoms with Crippen LogP contribution < -0.4 is 16.0 Å². The highest BCUT2D eigenvalue weighted by atomic mass is 16.1. The molecule has 0 atom stereocenters. The van der Waals surface area contributed by atoms with Crippen molar-refractivity contribution in [2.24, 2.45) is 10.9 Å². The van der Waals surface area contributed by atoms with Crippen molar-refractivity contribution in [2.45, 2.75) is 53.0 Å². The lowest BCUT2D eigenvalue weighted by molar-refractivity contribution is -0.116. The number of hydrogen-bond acceptors (Lipinski definition) is 2. The van der Waals surface area contributed by atoms with E-state index in [9.17, 15) is 4.79 Å². The van der Waals surface area contributed by atoms with Crippen LogP contribution in [0.2, 0.25) is 0 Å². The van der Waals surface area contributed by atoms with Crippen LogP contribution in [0.25, 0.3) is 0 Å². The van der Waals surface area contributed by atoms with Crippen molar-refractivity contribution in [2.75, 3.05) is 18.9 Å². The number of benzene rings is 1. The minimum absolute atomic E-state index is 0.0604. The molecule has 0 aliphatic carbocycles. The van der Waals surface area contributed by atoms with Crippen molar-refractivity contribution >= 4 is 17.6 Å². The Bertz CT molecular complexity index is 524. The van der Waals surface area contributed by atoms with Gasteiger partial charge >= 0.3 is 0 Å². The van der Waals surface area contributed by atoms with Gasteiger partial charge in [-0.2, -0.15) is 0 Å². The number of anilines is 1. The highest BCUT2D eigenvalue weighted by Crippen LogP contribution is 2.11. The molecule has 0 radical (unpaired) electrons. The molecule has 0 bridgehead atoms. The van der Waals surface area contributed by atoms with Crippen LogP contribution in [0, 0.1) is 5.92 Å². The van der Waals surface area contributed by atoms with Crippen molar-refractivity contribution in [1.82, 2.24) is 10.6 Å². The molecule has 1 rings (SSSR count). The van der Waals surface area contributed by atoms with Crippen molar-refractivity contribution in [1.29, 1.82) is 0 Å². The van der Waals surface area contributed by atoms with Gasteiger partial charge in [-0.1, -0.05) is 45.7 Å². The quantitative estimate of drug-likeness (QED) is 0.479. The highest BCUT2D eigenvalue weighted by Gasteiger charge is 2.05. The van der Waals surface area contributed by atoms with E-state index in [0.29, 0.717) is 18.9 Å². The summed E-state index contributed by atoms with van der Waals surface area (Å²) in [6, 6.07) is 7.90. The first-order chi connectivity index (χ1) is 11.6. The average molecular weight is 332 g/mol. The van der Waals surface area contributed by atoms with Crippen LogP contribution in [-0.2, 0) is 11.3 Å². The lowest BCUT2D eigenvalue weighted by Crippen LogP contribution is -2.39.